The Labute approximate surface area is 170 Å². The van der Waals surface area contributed by atoms with Crippen LogP contribution < -0.4 is 9.64 Å². The third-order valence-electron chi connectivity index (χ3n) is 5.31. The van der Waals surface area contributed by atoms with E-state index in [1.165, 1.54) is 16.2 Å². The Morgan fingerprint density at radius 3 is 1.76 bits per heavy atom. The Bertz CT molecular complexity index is 1240. The van der Waals surface area contributed by atoms with Gasteiger partial charge < -0.3 is 9.64 Å². The molecule has 0 amide bonds. The second-order valence-corrected chi connectivity index (χ2v) is 7.03. The first-order valence-corrected chi connectivity index (χ1v) is 9.75. The van der Waals surface area contributed by atoms with Crippen LogP contribution in [0.2, 0.25) is 0 Å². The summed E-state index contributed by atoms with van der Waals surface area (Å²) in [6.07, 6.45) is 0. The van der Waals surface area contributed by atoms with E-state index in [4.69, 9.17) is 4.74 Å². The summed E-state index contributed by atoms with van der Waals surface area (Å²) < 4.78 is 5.49. The van der Waals surface area contributed by atoms with Crippen LogP contribution in [0, 0.1) is 0 Å². The molecule has 0 atom stereocenters. The van der Waals surface area contributed by atoms with Crippen LogP contribution in [0.15, 0.2) is 109 Å². The lowest BCUT2D eigenvalue weighted by Gasteiger charge is -2.27. The molecule has 0 aliphatic rings. The number of rotatable bonds is 4. The molecule has 5 aromatic carbocycles. The number of anilines is 3. The molecular weight excluding hydrogens is 354 g/mol. The molecule has 0 saturated carbocycles. The van der Waals surface area contributed by atoms with E-state index in [1.54, 1.807) is 7.11 Å². The molecule has 2 nitrogen and oxygen atoms in total. The Kier molecular flexibility index (Phi) is 4.38. The lowest BCUT2D eigenvalue weighted by molar-refractivity contribution is 0.415. The molecule has 29 heavy (non-hydrogen) atoms. The molecule has 0 aliphatic carbocycles. The molecule has 0 heterocycles. The van der Waals surface area contributed by atoms with E-state index in [0.717, 1.165) is 28.2 Å². The van der Waals surface area contributed by atoms with Gasteiger partial charge in [-0.2, -0.15) is 0 Å². The lowest BCUT2D eigenvalue weighted by atomic mass is 9.98. The first-order chi connectivity index (χ1) is 14.3. The van der Waals surface area contributed by atoms with Gasteiger partial charge in [-0.05, 0) is 58.6 Å². The quantitative estimate of drug-likeness (QED) is 0.302. The molecule has 0 N–H and O–H groups in total. The van der Waals surface area contributed by atoms with Crippen molar-refractivity contribution in [2.75, 3.05) is 12.0 Å². The Morgan fingerprint density at radius 1 is 0.552 bits per heavy atom. The number of fused-ring (bicyclic) bond motifs is 3. The van der Waals surface area contributed by atoms with Crippen LogP contribution in [0.4, 0.5) is 17.1 Å². The summed E-state index contributed by atoms with van der Waals surface area (Å²) in [6.45, 7) is 0. The van der Waals surface area contributed by atoms with Gasteiger partial charge in [0.25, 0.3) is 0 Å². The molecule has 0 saturated heterocycles. The first kappa shape index (κ1) is 17.3. The number of methoxy groups -OCH3 is 1. The summed E-state index contributed by atoms with van der Waals surface area (Å²) in [5.74, 6) is 0.865. The van der Waals surface area contributed by atoms with Crippen LogP contribution in [0.1, 0.15) is 0 Å². The predicted molar refractivity (Wildman–Crippen MR) is 123 cm³/mol. The van der Waals surface area contributed by atoms with Gasteiger partial charge in [-0.1, -0.05) is 66.7 Å². The topological polar surface area (TPSA) is 12.5 Å². The monoisotopic (exact) mass is 375 g/mol. The first-order valence-electron chi connectivity index (χ1n) is 9.75. The van der Waals surface area contributed by atoms with E-state index in [9.17, 15) is 0 Å². The third kappa shape index (κ3) is 3.09. The van der Waals surface area contributed by atoms with E-state index >= 15 is 0 Å². The maximum Gasteiger partial charge on any atom is 0.119 e. The third-order valence-corrected chi connectivity index (χ3v) is 5.31. The van der Waals surface area contributed by atoms with Crippen molar-refractivity contribution in [2.45, 2.75) is 0 Å². The van der Waals surface area contributed by atoms with Crippen molar-refractivity contribution in [1.82, 2.24) is 0 Å². The molecule has 0 aliphatic heterocycles. The summed E-state index contributed by atoms with van der Waals surface area (Å²) in [4.78, 5) is 2.32. The lowest BCUT2D eigenvalue weighted by Crippen LogP contribution is -2.10. The van der Waals surface area contributed by atoms with Crippen LogP contribution in [-0.4, -0.2) is 7.11 Å². The highest BCUT2D eigenvalue weighted by Gasteiger charge is 2.16. The Morgan fingerprint density at radius 2 is 1.14 bits per heavy atom. The maximum absolute atomic E-state index is 5.49. The average molecular weight is 375 g/mol. The zero-order valence-electron chi connectivity index (χ0n) is 16.2. The minimum absolute atomic E-state index is 0.865. The minimum atomic E-state index is 0.865. The molecule has 0 spiro atoms. The molecule has 0 bridgehead atoms. The highest BCUT2D eigenvalue weighted by molar-refractivity contribution is 6.14. The summed E-state index contributed by atoms with van der Waals surface area (Å²) in [6, 6.07) is 38.2. The van der Waals surface area contributed by atoms with Crippen LogP contribution in [0.5, 0.6) is 5.75 Å². The van der Waals surface area contributed by atoms with E-state index in [1.807, 2.05) is 6.07 Å². The molecular formula is C27H21NO. The zero-order valence-corrected chi connectivity index (χ0v) is 16.2. The fourth-order valence-electron chi connectivity index (χ4n) is 3.97. The normalized spacial score (nSPS) is 10.9. The van der Waals surface area contributed by atoms with E-state index in [-0.39, 0.29) is 0 Å². The van der Waals surface area contributed by atoms with E-state index < -0.39 is 0 Å². The van der Waals surface area contributed by atoms with Crippen molar-refractivity contribution >= 4 is 38.6 Å². The second kappa shape index (κ2) is 7.33. The number of ether oxygens (including phenoxy) is 1. The van der Waals surface area contributed by atoms with E-state index in [2.05, 4.69) is 108 Å². The Hall–Kier alpha value is -3.78. The van der Waals surface area contributed by atoms with Gasteiger partial charge in [0.2, 0.25) is 0 Å². The molecule has 0 fully saturated rings. The SMILES string of the molecule is COc1ccc2c(c1)cc(N(c1ccccc1)c1ccccc1)c1ccccc12. The highest BCUT2D eigenvalue weighted by atomic mass is 16.5. The van der Waals surface area contributed by atoms with Crippen LogP contribution in [0.3, 0.4) is 0 Å². The summed E-state index contributed by atoms with van der Waals surface area (Å²) >= 11 is 0. The van der Waals surface area contributed by atoms with Gasteiger partial charge in [0.15, 0.2) is 0 Å². The summed E-state index contributed by atoms with van der Waals surface area (Å²) in [5, 5.41) is 4.85. The van der Waals surface area contributed by atoms with Crippen LogP contribution >= 0.6 is 0 Å². The molecule has 2 heteroatoms. The van der Waals surface area contributed by atoms with E-state index in [0.29, 0.717) is 0 Å². The fourth-order valence-corrected chi connectivity index (χ4v) is 3.97. The molecule has 140 valence electrons. The number of nitrogens with zero attached hydrogens (tertiary/aromatic N) is 1. The van der Waals surface area contributed by atoms with Crippen molar-refractivity contribution in [3.63, 3.8) is 0 Å². The number of para-hydroxylation sites is 2. The molecule has 0 aromatic heterocycles. The summed E-state index contributed by atoms with van der Waals surface area (Å²) in [7, 11) is 1.71. The van der Waals surface area contributed by atoms with Crippen LogP contribution in [-0.2, 0) is 0 Å². The van der Waals surface area contributed by atoms with Gasteiger partial charge in [0.1, 0.15) is 5.75 Å². The van der Waals surface area contributed by atoms with Gasteiger partial charge in [0.05, 0.1) is 12.8 Å². The Balaban J connectivity index is 1.86. The fraction of sp³-hybridized carbons (Fsp3) is 0.0370. The smallest absolute Gasteiger partial charge is 0.119 e. The van der Waals surface area contributed by atoms with Crippen molar-refractivity contribution in [3.8, 4) is 5.75 Å². The number of hydrogen-bond acceptors (Lipinski definition) is 2. The second-order valence-electron chi connectivity index (χ2n) is 7.03. The van der Waals surface area contributed by atoms with Gasteiger partial charge >= 0.3 is 0 Å². The molecule has 5 rings (SSSR count). The predicted octanol–water partition coefficient (Wildman–Crippen LogP) is 7.47. The van der Waals surface area contributed by atoms with Crippen molar-refractivity contribution in [1.29, 1.82) is 0 Å². The number of hydrogen-bond donors (Lipinski definition) is 0. The molecule has 5 aromatic rings. The maximum atomic E-state index is 5.49. The van der Waals surface area contributed by atoms with Crippen molar-refractivity contribution in [3.05, 3.63) is 109 Å². The van der Waals surface area contributed by atoms with Crippen molar-refractivity contribution < 1.29 is 4.74 Å². The molecule has 0 radical (unpaired) electrons. The van der Waals surface area contributed by atoms with Gasteiger partial charge in [-0.3, -0.25) is 0 Å². The zero-order chi connectivity index (χ0) is 19.6. The van der Waals surface area contributed by atoms with Gasteiger partial charge in [0, 0.05) is 16.8 Å². The van der Waals surface area contributed by atoms with Crippen molar-refractivity contribution in [2.24, 2.45) is 0 Å². The highest BCUT2D eigenvalue weighted by Crippen LogP contribution is 2.42. The van der Waals surface area contributed by atoms with Gasteiger partial charge in [-0.15, -0.1) is 0 Å². The number of benzene rings is 5. The summed E-state index contributed by atoms with van der Waals surface area (Å²) in [5.41, 5.74) is 3.41. The minimum Gasteiger partial charge on any atom is -0.497 e. The van der Waals surface area contributed by atoms with Crippen LogP contribution in [0.25, 0.3) is 21.5 Å². The average Bonchev–Trinajstić information content (AvgIpc) is 2.80. The largest absolute Gasteiger partial charge is 0.497 e. The standard InChI is InChI=1S/C27H21NO/c1-29-23-16-17-24-20(18-23)19-27(26-15-9-8-14-25(24)26)28(21-10-4-2-5-11-21)22-12-6-3-7-13-22/h2-19H,1H3. The van der Waals surface area contributed by atoms with Gasteiger partial charge in [-0.25, -0.2) is 0 Å². The molecule has 0 unspecified atom stereocenters.